The summed E-state index contributed by atoms with van der Waals surface area (Å²) in [4.78, 5) is 8.32. The molecule has 0 aliphatic heterocycles. The Kier molecular flexibility index (Phi) is 2.96. The van der Waals surface area contributed by atoms with E-state index >= 15 is 0 Å². The first-order valence-corrected chi connectivity index (χ1v) is 6.00. The van der Waals surface area contributed by atoms with Gasteiger partial charge in [0.25, 0.3) is 6.04 Å². The fraction of sp³-hybridized carbons (Fsp3) is 0.571. The van der Waals surface area contributed by atoms with Crippen LogP contribution in [0.25, 0.3) is 4.85 Å². The summed E-state index contributed by atoms with van der Waals surface area (Å²) in [6.45, 7) is 13.8. The van der Waals surface area contributed by atoms with Crippen molar-refractivity contribution in [2.24, 2.45) is 0 Å². The van der Waals surface area contributed by atoms with Crippen LogP contribution in [-0.4, -0.2) is 4.98 Å². The fourth-order valence-electron chi connectivity index (χ4n) is 2.65. The summed E-state index contributed by atoms with van der Waals surface area (Å²) in [6, 6.07) is 0.0509. The second-order valence-electron chi connectivity index (χ2n) is 4.89. The van der Waals surface area contributed by atoms with Gasteiger partial charge < -0.3 is 4.85 Å². The Hall–Kier alpha value is -1.36. The van der Waals surface area contributed by atoms with Gasteiger partial charge in [-0.25, -0.2) is 6.57 Å². The van der Waals surface area contributed by atoms with E-state index in [1.165, 1.54) is 16.7 Å². The van der Waals surface area contributed by atoms with E-state index < -0.39 is 0 Å². The highest BCUT2D eigenvalue weighted by Gasteiger charge is 2.28. The number of fused-ring (bicyclic) bond motifs is 1. The predicted molar refractivity (Wildman–Crippen MR) is 65.3 cm³/mol. The van der Waals surface area contributed by atoms with Crippen LogP contribution >= 0.6 is 0 Å². The van der Waals surface area contributed by atoms with E-state index in [1.807, 2.05) is 6.20 Å². The molecule has 0 amide bonds. The van der Waals surface area contributed by atoms with Crippen molar-refractivity contribution in [3.05, 3.63) is 40.0 Å². The average Bonchev–Trinajstić information content (AvgIpc) is 2.28. The minimum Gasteiger partial charge on any atom is -0.308 e. The summed E-state index contributed by atoms with van der Waals surface area (Å²) in [5.74, 6) is 0.492. The van der Waals surface area contributed by atoms with E-state index in [4.69, 9.17) is 6.57 Å². The normalized spacial score (nSPS) is 19.3. The van der Waals surface area contributed by atoms with Crippen LogP contribution < -0.4 is 0 Å². The molecular weight excluding hydrogens is 196 g/mol. The lowest BCUT2D eigenvalue weighted by atomic mass is 9.85. The molecule has 2 rings (SSSR count). The Bertz CT molecular complexity index is 441. The number of rotatable bonds is 1. The van der Waals surface area contributed by atoms with E-state index in [9.17, 15) is 0 Å². The van der Waals surface area contributed by atoms with Crippen LogP contribution in [0, 0.1) is 13.5 Å². The molecule has 16 heavy (non-hydrogen) atoms. The van der Waals surface area contributed by atoms with Crippen LogP contribution in [0.5, 0.6) is 0 Å². The summed E-state index contributed by atoms with van der Waals surface area (Å²) in [5, 5.41) is 0. The third-order valence-electron chi connectivity index (χ3n) is 3.51. The third kappa shape index (κ3) is 1.71. The second-order valence-corrected chi connectivity index (χ2v) is 4.89. The molecule has 84 valence electrons. The van der Waals surface area contributed by atoms with Crippen LogP contribution in [0.1, 0.15) is 61.0 Å². The van der Waals surface area contributed by atoms with E-state index in [1.54, 1.807) is 0 Å². The fourth-order valence-corrected chi connectivity index (χ4v) is 2.65. The lowest BCUT2D eigenvalue weighted by molar-refractivity contribution is 0.605. The van der Waals surface area contributed by atoms with E-state index in [0.29, 0.717) is 5.92 Å². The van der Waals surface area contributed by atoms with Gasteiger partial charge >= 0.3 is 0 Å². The summed E-state index contributed by atoms with van der Waals surface area (Å²) in [6.07, 6.45) is 5.15. The van der Waals surface area contributed by atoms with Crippen molar-refractivity contribution < 1.29 is 0 Å². The minimum absolute atomic E-state index is 0.0509. The van der Waals surface area contributed by atoms with Crippen molar-refractivity contribution in [3.63, 3.8) is 0 Å². The maximum absolute atomic E-state index is 7.30. The lowest BCUT2D eigenvalue weighted by Gasteiger charge is -2.21. The largest absolute Gasteiger partial charge is 0.308 e. The Morgan fingerprint density at radius 2 is 2.25 bits per heavy atom. The van der Waals surface area contributed by atoms with E-state index in [-0.39, 0.29) is 6.04 Å². The highest BCUT2D eigenvalue weighted by atomic mass is 14.8. The van der Waals surface area contributed by atoms with Crippen molar-refractivity contribution in [2.75, 3.05) is 0 Å². The Balaban J connectivity index is 2.58. The zero-order valence-corrected chi connectivity index (χ0v) is 10.2. The van der Waals surface area contributed by atoms with Crippen LogP contribution in [0.3, 0.4) is 0 Å². The van der Waals surface area contributed by atoms with Gasteiger partial charge in [0.05, 0.1) is 11.3 Å². The van der Waals surface area contributed by atoms with Gasteiger partial charge in [-0.15, -0.1) is 0 Å². The van der Waals surface area contributed by atoms with Gasteiger partial charge in [0, 0.05) is 12.6 Å². The van der Waals surface area contributed by atoms with Crippen LogP contribution in [0.2, 0.25) is 0 Å². The molecule has 1 aromatic heterocycles. The van der Waals surface area contributed by atoms with Gasteiger partial charge in [0.1, 0.15) is 0 Å². The highest BCUT2D eigenvalue weighted by Crippen LogP contribution is 2.36. The van der Waals surface area contributed by atoms with Crippen LogP contribution in [0.4, 0.5) is 0 Å². The SMILES string of the molecule is [C-]#[N+]C1CCCc2ncc(C(C)C)c(C)c21. The van der Waals surface area contributed by atoms with Gasteiger partial charge in [-0.2, -0.15) is 0 Å². The molecule has 1 aliphatic carbocycles. The number of aryl methyl sites for hydroxylation is 1. The quantitative estimate of drug-likeness (QED) is 0.650. The molecule has 1 heterocycles. The molecule has 0 bridgehead atoms. The Morgan fingerprint density at radius 1 is 1.50 bits per heavy atom. The Morgan fingerprint density at radius 3 is 2.88 bits per heavy atom. The Labute approximate surface area is 97.5 Å². The molecule has 1 aliphatic rings. The molecule has 0 N–H and O–H groups in total. The van der Waals surface area contributed by atoms with Gasteiger partial charge in [-0.3, -0.25) is 4.98 Å². The predicted octanol–water partition coefficient (Wildman–Crippen LogP) is 3.81. The molecule has 0 spiro atoms. The lowest BCUT2D eigenvalue weighted by Crippen LogP contribution is -2.13. The molecule has 1 unspecified atom stereocenters. The zero-order valence-electron chi connectivity index (χ0n) is 10.2. The number of nitrogens with zero attached hydrogens (tertiary/aromatic N) is 2. The van der Waals surface area contributed by atoms with E-state index in [0.717, 1.165) is 25.0 Å². The maximum Gasteiger partial charge on any atom is 0.250 e. The van der Waals surface area contributed by atoms with Crippen molar-refractivity contribution in [1.82, 2.24) is 4.98 Å². The molecule has 1 atom stereocenters. The van der Waals surface area contributed by atoms with Crippen LogP contribution in [-0.2, 0) is 6.42 Å². The second kappa shape index (κ2) is 4.25. The average molecular weight is 214 g/mol. The van der Waals surface area contributed by atoms with Crippen molar-refractivity contribution >= 4 is 0 Å². The van der Waals surface area contributed by atoms with Crippen molar-refractivity contribution in [1.29, 1.82) is 0 Å². The molecule has 0 saturated heterocycles. The summed E-state index contributed by atoms with van der Waals surface area (Å²) >= 11 is 0. The molecule has 2 heteroatoms. The molecule has 0 fully saturated rings. The van der Waals surface area contributed by atoms with Gasteiger partial charge in [-0.05, 0) is 36.8 Å². The third-order valence-corrected chi connectivity index (χ3v) is 3.51. The summed E-state index contributed by atoms with van der Waals surface area (Å²) in [5.41, 5.74) is 5.00. The number of aromatic nitrogens is 1. The first-order valence-electron chi connectivity index (χ1n) is 6.00. The van der Waals surface area contributed by atoms with Crippen molar-refractivity contribution in [2.45, 2.75) is 52.0 Å². The van der Waals surface area contributed by atoms with Crippen molar-refractivity contribution in [3.8, 4) is 0 Å². The first kappa shape index (κ1) is 11.1. The van der Waals surface area contributed by atoms with Gasteiger partial charge in [0.2, 0.25) is 0 Å². The molecule has 0 saturated carbocycles. The first-order chi connectivity index (χ1) is 7.65. The molecule has 1 aromatic rings. The highest BCUT2D eigenvalue weighted by molar-refractivity contribution is 5.41. The maximum atomic E-state index is 7.30. The summed E-state index contributed by atoms with van der Waals surface area (Å²) < 4.78 is 0. The summed E-state index contributed by atoms with van der Waals surface area (Å²) in [7, 11) is 0. The van der Waals surface area contributed by atoms with Gasteiger partial charge in [0.15, 0.2) is 0 Å². The number of pyridine rings is 1. The smallest absolute Gasteiger partial charge is 0.250 e. The van der Waals surface area contributed by atoms with Gasteiger partial charge in [-0.1, -0.05) is 13.8 Å². The topological polar surface area (TPSA) is 17.2 Å². The molecule has 2 nitrogen and oxygen atoms in total. The monoisotopic (exact) mass is 214 g/mol. The number of hydrogen-bond acceptors (Lipinski definition) is 1. The molecule has 0 aromatic carbocycles. The molecular formula is C14H18N2. The minimum atomic E-state index is 0.0509. The van der Waals surface area contributed by atoms with E-state index in [2.05, 4.69) is 30.6 Å². The zero-order chi connectivity index (χ0) is 11.7. The molecule has 0 radical (unpaired) electrons. The number of hydrogen-bond donors (Lipinski definition) is 0. The standard InChI is InChI=1S/C14H18N2/c1-9(2)11-8-16-13-7-5-6-12(15-4)14(13)10(11)3/h8-9,12H,5-7H2,1-3H3. The van der Waals surface area contributed by atoms with Crippen LogP contribution in [0.15, 0.2) is 6.20 Å².